The Morgan fingerprint density at radius 2 is 1.69 bits per heavy atom. The molecular formula is C20H20ClNO4. The Kier molecular flexibility index (Phi) is 7.36. The Balaban J connectivity index is 1.75. The first-order valence-electron chi connectivity index (χ1n) is 8.31. The summed E-state index contributed by atoms with van der Waals surface area (Å²) in [6.45, 7) is 1.61. The molecular weight excluding hydrogens is 354 g/mol. The van der Waals surface area contributed by atoms with Gasteiger partial charge in [0.2, 0.25) is 0 Å². The lowest BCUT2D eigenvalue weighted by molar-refractivity contribution is -0.147. The van der Waals surface area contributed by atoms with Crippen LogP contribution in [-0.4, -0.2) is 24.3 Å². The average molecular weight is 374 g/mol. The summed E-state index contributed by atoms with van der Waals surface area (Å²) >= 11 is 5.77. The van der Waals surface area contributed by atoms with E-state index in [0.717, 1.165) is 12.0 Å². The second-order valence-electron chi connectivity index (χ2n) is 5.65. The largest absolute Gasteiger partial charge is 0.456 e. The van der Waals surface area contributed by atoms with Gasteiger partial charge >= 0.3 is 5.97 Å². The predicted molar refractivity (Wildman–Crippen MR) is 100 cm³/mol. The van der Waals surface area contributed by atoms with E-state index < -0.39 is 11.9 Å². The summed E-state index contributed by atoms with van der Waals surface area (Å²) in [5.74, 6) is -1.19. The van der Waals surface area contributed by atoms with Crippen molar-refractivity contribution in [1.29, 1.82) is 0 Å². The van der Waals surface area contributed by atoms with E-state index in [-0.39, 0.29) is 25.2 Å². The topological polar surface area (TPSA) is 72.5 Å². The molecule has 6 heteroatoms. The maximum atomic E-state index is 12.0. The second-order valence-corrected chi connectivity index (χ2v) is 6.09. The van der Waals surface area contributed by atoms with Crippen molar-refractivity contribution in [2.75, 3.05) is 11.9 Å². The van der Waals surface area contributed by atoms with Gasteiger partial charge in [0.05, 0.1) is 6.42 Å². The van der Waals surface area contributed by atoms with Gasteiger partial charge in [0.1, 0.15) is 0 Å². The van der Waals surface area contributed by atoms with Crippen LogP contribution in [0.3, 0.4) is 0 Å². The van der Waals surface area contributed by atoms with E-state index in [0.29, 0.717) is 16.3 Å². The van der Waals surface area contributed by atoms with Crippen molar-refractivity contribution in [2.24, 2.45) is 0 Å². The van der Waals surface area contributed by atoms with Crippen molar-refractivity contribution in [2.45, 2.75) is 26.2 Å². The lowest BCUT2D eigenvalue weighted by Crippen LogP contribution is -2.21. The minimum Gasteiger partial charge on any atom is -0.456 e. The van der Waals surface area contributed by atoms with Gasteiger partial charge in [-0.05, 0) is 42.3 Å². The smallest absolute Gasteiger partial charge is 0.306 e. The molecule has 0 radical (unpaired) electrons. The lowest BCUT2D eigenvalue weighted by Gasteiger charge is -2.10. The highest BCUT2D eigenvalue weighted by Crippen LogP contribution is 2.15. The molecule has 0 spiro atoms. The normalized spacial score (nSPS) is 10.2. The predicted octanol–water partition coefficient (Wildman–Crippen LogP) is 4.05. The highest BCUT2D eigenvalue weighted by Gasteiger charge is 2.12. The fourth-order valence-electron chi connectivity index (χ4n) is 2.35. The number of hydrogen-bond acceptors (Lipinski definition) is 4. The molecule has 0 heterocycles. The molecule has 0 unspecified atom stereocenters. The standard InChI is InChI=1S/C20H20ClNO4/c1-2-14-5-3-4-6-17(14)22-19(24)13-26-20(25)12-11-18(23)15-7-9-16(21)10-8-15/h3-10H,2,11-13H2,1H3,(H,22,24). The van der Waals surface area contributed by atoms with Crippen LogP contribution in [0.15, 0.2) is 48.5 Å². The van der Waals surface area contributed by atoms with Gasteiger partial charge in [-0.3, -0.25) is 14.4 Å². The molecule has 2 aromatic rings. The molecule has 0 fully saturated rings. The summed E-state index contributed by atoms with van der Waals surface area (Å²) in [5, 5.41) is 3.26. The number of rotatable bonds is 8. The summed E-state index contributed by atoms with van der Waals surface area (Å²) in [6.07, 6.45) is 0.712. The molecule has 136 valence electrons. The molecule has 0 aliphatic heterocycles. The minimum absolute atomic E-state index is 0.0146. The number of hydrogen-bond donors (Lipinski definition) is 1. The van der Waals surface area contributed by atoms with Crippen LogP contribution in [0.1, 0.15) is 35.7 Å². The second kappa shape index (κ2) is 9.73. The van der Waals surface area contributed by atoms with Gasteiger partial charge in [-0.25, -0.2) is 0 Å². The number of benzene rings is 2. The quantitative estimate of drug-likeness (QED) is 0.559. The number of Topliss-reactive ketones (excluding diaryl/α,β-unsaturated/α-hetero) is 1. The molecule has 0 saturated carbocycles. The van der Waals surface area contributed by atoms with E-state index in [1.807, 2.05) is 25.1 Å². The minimum atomic E-state index is -0.591. The van der Waals surface area contributed by atoms with Crippen LogP contribution >= 0.6 is 11.6 Å². The number of ether oxygens (including phenoxy) is 1. The number of nitrogens with one attached hydrogen (secondary N) is 1. The number of halogens is 1. The van der Waals surface area contributed by atoms with E-state index in [4.69, 9.17) is 16.3 Å². The van der Waals surface area contributed by atoms with Crippen molar-refractivity contribution in [3.8, 4) is 0 Å². The van der Waals surface area contributed by atoms with Crippen LogP contribution in [0.5, 0.6) is 0 Å². The van der Waals surface area contributed by atoms with Gasteiger partial charge < -0.3 is 10.1 Å². The molecule has 0 saturated heterocycles. The van der Waals surface area contributed by atoms with Gasteiger partial charge in [0.25, 0.3) is 5.91 Å². The Bertz CT molecular complexity index is 787. The highest BCUT2D eigenvalue weighted by molar-refractivity contribution is 6.30. The van der Waals surface area contributed by atoms with Crippen molar-refractivity contribution in [1.82, 2.24) is 0 Å². The number of amides is 1. The van der Waals surface area contributed by atoms with Gasteiger partial charge in [-0.1, -0.05) is 36.7 Å². The maximum Gasteiger partial charge on any atom is 0.306 e. The monoisotopic (exact) mass is 373 g/mol. The molecule has 2 aromatic carbocycles. The van der Waals surface area contributed by atoms with Crippen LogP contribution in [0.25, 0.3) is 0 Å². The molecule has 1 N–H and O–H groups in total. The van der Waals surface area contributed by atoms with E-state index in [9.17, 15) is 14.4 Å². The average Bonchev–Trinajstić information content (AvgIpc) is 2.65. The van der Waals surface area contributed by atoms with Crippen LogP contribution < -0.4 is 5.32 Å². The zero-order valence-corrected chi connectivity index (χ0v) is 15.2. The zero-order valence-electron chi connectivity index (χ0n) is 14.5. The number of aryl methyl sites for hydroxylation is 1. The van der Waals surface area contributed by atoms with Crippen LogP contribution in [0.4, 0.5) is 5.69 Å². The Hall–Kier alpha value is -2.66. The van der Waals surface area contributed by atoms with E-state index in [1.165, 1.54) is 0 Å². The number of carbonyl (C=O) groups is 3. The summed E-state index contributed by atoms with van der Waals surface area (Å²) in [7, 11) is 0. The first-order valence-corrected chi connectivity index (χ1v) is 8.69. The highest BCUT2D eigenvalue weighted by atomic mass is 35.5. The van der Waals surface area contributed by atoms with E-state index in [1.54, 1.807) is 30.3 Å². The Labute approximate surface area is 157 Å². The van der Waals surface area contributed by atoms with Crippen LogP contribution in [-0.2, 0) is 20.7 Å². The fourth-order valence-corrected chi connectivity index (χ4v) is 2.48. The fraction of sp³-hybridized carbons (Fsp3) is 0.250. The van der Waals surface area contributed by atoms with Crippen molar-refractivity contribution in [3.05, 3.63) is 64.7 Å². The number of para-hydroxylation sites is 1. The molecule has 0 aliphatic rings. The van der Waals surface area contributed by atoms with Gasteiger partial charge in [0.15, 0.2) is 12.4 Å². The lowest BCUT2D eigenvalue weighted by atomic mass is 10.1. The third-order valence-electron chi connectivity index (χ3n) is 3.76. The van der Waals surface area contributed by atoms with Gasteiger partial charge in [0, 0.05) is 22.7 Å². The first kappa shape index (κ1) is 19.7. The SMILES string of the molecule is CCc1ccccc1NC(=O)COC(=O)CCC(=O)c1ccc(Cl)cc1. The summed E-state index contributed by atoms with van der Waals surface area (Å²) in [4.78, 5) is 35.6. The van der Waals surface area contributed by atoms with E-state index in [2.05, 4.69) is 5.32 Å². The molecule has 0 bridgehead atoms. The molecule has 2 rings (SSSR count). The molecule has 0 aliphatic carbocycles. The molecule has 26 heavy (non-hydrogen) atoms. The molecule has 1 amide bonds. The van der Waals surface area contributed by atoms with Crippen molar-refractivity contribution < 1.29 is 19.1 Å². The van der Waals surface area contributed by atoms with Crippen molar-refractivity contribution >= 4 is 34.9 Å². The first-order chi connectivity index (χ1) is 12.5. The van der Waals surface area contributed by atoms with Gasteiger partial charge in [-0.2, -0.15) is 0 Å². The summed E-state index contributed by atoms with van der Waals surface area (Å²) < 4.78 is 4.93. The maximum absolute atomic E-state index is 12.0. The van der Waals surface area contributed by atoms with Crippen molar-refractivity contribution in [3.63, 3.8) is 0 Å². The number of anilines is 1. The number of esters is 1. The van der Waals surface area contributed by atoms with E-state index >= 15 is 0 Å². The Morgan fingerprint density at radius 3 is 2.38 bits per heavy atom. The third-order valence-corrected chi connectivity index (χ3v) is 4.01. The summed E-state index contributed by atoms with van der Waals surface area (Å²) in [6, 6.07) is 13.9. The third kappa shape index (κ3) is 6.01. The number of carbonyl (C=O) groups excluding carboxylic acids is 3. The Morgan fingerprint density at radius 1 is 1.00 bits per heavy atom. The molecule has 5 nitrogen and oxygen atoms in total. The molecule has 0 aromatic heterocycles. The summed E-state index contributed by atoms with van der Waals surface area (Å²) in [5.41, 5.74) is 2.19. The van der Waals surface area contributed by atoms with Crippen LogP contribution in [0.2, 0.25) is 5.02 Å². The zero-order chi connectivity index (χ0) is 18.9. The molecule has 0 atom stereocenters. The van der Waals surface area contributed by atoms with Gasteiger partial charge in [-0.15, -0.1) is 0 Å². The number of ketones is 1. The van der Waals surface area contributed by atoms with Crippen LogP contribution in [0, 0.1) is 0 Å².